The minimum Gasteiger partial charge on any atom is -0.353 e. The summed E-state index contributed by atoms with van der Waals surface area (Å²) in [7, 11) is 0. The number of halogens is 1. The van der Waals surface area contributed by atoms with Crippen LogP contribution in [-0.4, -0.2) is 27.9 Å². The topological polar surface area (TPSA) is 29.0 Å². The molecule has 0 radical (unpaired) electrons. The summed E-state index contributed by atoms with van der Waals surface area (Å²) in [5, 5.41) is 0.976. The molecule has 0 saturated heterocycles. The first kappa shape index (κ1) is 11.8. The van der Waals surface area contributed by atoms with E-state index in [1.165, 1.54) is 17.7 Å². The molecule has 0 spiro atoms. The summed E-state index contributed by atoms with van der Waals surface area (Å²) in [6, 6.07) is 0.483. The summed E-state index contributed by atoms with van der Waals surface area (Å²) >= 11 is 3.51. The first-order chi connectivity index (χ1) is 7.74. The van der Waals surface area contributed by atoms with Crippen LogP contribution in [0.2, 0.25) is 0 Å². The number of anilines is 1. The van der Waals surface area contributed by atoms with Gasteiger partial charge in [-0.1, -0.05) is 15.9 Å². The normalized spacial score (nSPS) is 14.2. The minimum atomic E-state index is 0.483. The van der Waals surface area contributed by atoms with Gasteiger partial charge in [0.1, 0.15) is 12.1 Å². The quantitative estimate of drug-likeness (QED) is 0.796. The van der Waals surface area contributed by atoms with Crippen molar-refractivity contribution >= 4 is 21.7 Å². The van der Waals surface area contributed by atoms with Gasteiger partial charge in [0.25, 0.3) is 0 Å². The average Bonchev–Trinajstić information content (AvgIpc) is 2.73. The highest BCUT2D eigenvalue weighted by molar-refractivity contribution is 9.09. The molecule has 0 aliphatic heterocycles. The number of alkyl halides is 1. The molecule has 0 bridgehead atoms. The van der Waals surface area contributed by atoms with E-state index in [1.807, 2.05) is 0 Å². The molecule has 0 saturated carbocycles. The number of fused-ring (bicyclic) bond motifs is 1. The Morgan fingerprint density at radius 3 is 2.88 bits per heavy atom. The molecule has 0 fully saturated rings. The summed E-state index contributed by atoms with van der Waals surface area (Å²) in [6.07, 6.45) is 5.19. The second-order valence-corrected chi connectivity index (χ2v) is 5.25. The van der Waals surface area contributed by atoms with Crippen LogP contribution in [0.5, 0.6) is 0 Å². The summed E-state index contributed by atoms with van der Waals surface area (Å²) in [4.78, 5) is 11.2. The van der Waals surface area contributed by atoms with Crippen LogP contribution in [0, 0.1) is 0 Å². The van der Waals surface area contributed by atoms with Gasteiger partial charge in [-0.2, -0.15) is 0 Å². The number of rotatable bonds is 4. The minimum absolute atomic E-state index is 0.483. The van der Waals surface area contributed by atoms with Crippen LogP contribution in [-0.2, 0) is 12.8 Å². The SMILES string of the molecule is CC(C)N(CCBr)c1ncnc2c1CCC2. The summed E-state index contributed by atoms with van der Waals surface area (Å²) in [6.45, 7) is 5.43. The van der Waals surface area contributed by atoms with E-state index in [0.29, 0.717) is 6.04 Å². The molecule has 88 valence electrons. The smallest absolute Gasteiger partial charge is 0.135 e. The second kappa shape index (κ2) is 5.13. The second-order valence-electron chi connectivity index (χ2n) is 4.45. The number of aromatic nitrogens is 2. The maximum Gasteiger partial charge on any atom is 0.135 e. The third-order valence-electron chi connectivity index (χ3n) is 3.07. The predicted molar refractivity (Wildman–Crippen MR) is 70.3 cm³/mol. The van der Waals surface area contributed by atoms with Crippen molar-refractivity contribution in [2.24, 2.45) is 0 Å². The van der Waals surface area contributed by atoms with E-state index in [9.17, 15) is 0 Å². The molecule has 1 heterocycles. The highest BCUT2D eigenvalue weighted by Gasteiger charge is 2.21. The molecule has 0 N–H and O–H groups in total. The molecule has 16 heavy (non-hydrogen) atoms. The Bertz CT molecular complexity index is 365. The summed E-state index contributed by atoms with van der Waals surface area (Å²) < 4.78 is 0. The first-order valence-electron chi connectivity index (χ1n) is 5.89. The molecule has 3 nitrogen and oxygen atoms in total. The lowest BCUT2D eigenvalue weighted by Crippen LogP contribution is -2.34. The van der Waals surface area contributed by atoms with Gasteiger partial charge in [0.05, 0.1) is 0 Å². The highest BCUT2D eigenvalue weighted by atomic mass is 79.9. The standard InChI is InChI=1S/C12H18BrN3/c1-9(2)16(7-6-13)12-10-4-3-5-11(10)14-8-15-12/h8-9H,3-7H2,1-2H3. The fourth-order valence-electron chi connectivity index (χ4n) is 2.29. The maximum absolute atomic E-state index is 4.48. The Kier molecular flexibility index (Phi) is 3.79. The van der Waals surface area contributed by atoms with Crippen molar-refractivity contribution < 1.29 is 0 Å². The number of hydrogen-bond donors (Lipinski definition) is 0. The molecule has 1 aromatic rings. The van der Waals surface area contributed by atoms with Gasteiger partial charge in [0, 0.05) is 29.2 Å². The Morgan fingerprint density at radius 1 is 1.38 bits per heavy atom. The van der Waals surface area contributed by atoms with Gasteiger partial charge in [-0.15, -0.1) is 0 Å². The zero-order chi connectivity index (χ0) is 11.5. The van der Waals surface area contributed by atoms with Crippen LogP contribution in [0.4, 0.5) is 5.82 Å². The van der Waals surface area contributed by atoms with Crippen molar-refractivity contribution in [2.45, 2.75) is 39.2 Å². The number of hydrogen-bond acceptors (Lipinski definition) is 3. The van der Waals surface area contributed by atoms with Gasteiger partial charge in [-0.05, 0) is 33.1 Å². The molecule has 0 unspecified atom stereocenters. The molecule has 1 aliphatic rings. The average molecular weight is 284 g/mol. The van der Waals surface area contributed by atoms with Crippen molar-refractivity contribution in [1.29, 1.82) is 0 Å². The van der Waals surface area contributed by atoms with Gasteiger partial charge in [-0.25, -0.2) is 9.97 Å². The van der Waals surface area contributed by atoms with E-state index in [4.69, 9.17) is 0 Å². The van der Waals surface area contributed by atoms with Crippen LogP contribution in [0.15, 0.2) is 6.33 Å². The van der Waals surface area contributed by atoms with Crippen molar-refractivity contribution in [1.82, 2.24) is 9.97 Å². The molecular weight excluding hydrogens is 266 g/mol. The fraction of sp³-hybridized carbons (Fsp3) is 0.667. The van der Waals surface area contributed by atoms with Crippen molar-refractivity contribution in [3.63, 3.8) is 0 Å². The van der Waals surface area contributed by atoms with Gasteiger partial charge < -0.3 is 4.90 Å². The van der Waals surface area contributed by atoms with Gasteiger partial charge in [0.15, 0.2) is 0 Å². The molecule has 0 amide bonds. The van der Waals surface area contributed by atoms with Crippen molar-refractivity contribution in [3.8, 4) is 0 Å². The first-order valence-corrected chi connectivity index (χ1v) is 7.01. The lowest BCUT2D eigenvalue weighted by Gasteiger charge is -2.28. The van der Waals surface area contributed by atoms with E-state index in [1.54, 1.807) is 6.33 Å². The van der Waals surface area contributed by atoms with E-state index >= 15 is 0 Å². The van der Waals surface area contributed by atoms with Crippen LogP contribution in [0.25, 0.3) is 0 Å². The van der Waals surface area contributed by atoms with Crippen LogP contribution in [0.1, 0.15) is 31.5 Å². The van der Waals surface area contributed by atoms with Gasteiger partial charge in [-0.3, -0.25) is 0 Å². The Hall–Kier alpha value is -0.640. The zero-order valence-electron chi connectivity index (χ0n) is 9.91. The monoisotopic (exact) mass is 283 g/mol. The largest absolute Gasteiger partial charge is 0.353 e. The number of nitrogens with zero attached hydrogens (tertiary/aromatic N) is 3. The van der Waals surface area contributed by atoms with E-state index in [2.05, 4.69) is 44.6 Å². The molecular formula is C12H18BrN3. The van der Waals surface area contributed by atoms with E-state index in [-0.39, 0.29) is 0 Å². The molecule has 4 heteroatoms. The van der Waals surface area contributed by atoms with Gasteiger partial charge in [0.2, 0.25) is 0 Å². The van der Waals surface area contributed by atoms with Crippen LogP contribution < -0.4 is 4.90 Å². The Balaban J connectivity index is 2.34. The molecule has 1 aliphatic carbocycles. The van der Waals surface area contributed by atoms with Crippen LogP contribution in [0.3, 0.4) is 0 Å². The summed E-state index contributed by atoms with van der Waals surface area (Å²) in [5.74, 6) is 1.15. The molecule has 1 aromatic heterocycles. The molecule has 0 atom stereocenters. The highest BCUT2D eigenvalue weighted by Crippen LogP contribution is 2.28. The molecule has 0 aromatic carbocycles. The lowest BCUT2D eigenvalue weighted by atomic mass is 10.2. The Labute approximate surface area is 105 Å². The van der Waals surface area contributed by atoms with Crippen molar-refractivity contribution in [3.05, 3.63) is 17.6 Å². The predicted octanol–water partition coefficient (Wildman–Crippen LogP) is 2.58. The maximum atomic E-state index is 4.48. The van der Waals surface area contributed by atoms with Gasteiger partial charge >= 0.3 is 0 Å². The number of aryl methyl sites for hydroxylation is 1. The Morgan fingerprint density at radius 2 is 2.19 bits per heavy atom. The third-order valence-corrected chi connectivity index (χ3v) is 3.43. The van der Waals surface area contributed by atoms with E-state index in [0.717, 1.165) is 30.5 Å². The van der Waals surface area contributed by atoms with Crippen molar-refractivity contribution in [2.75, 3.05) is 16.8 Å². The van der Waals surface area contributed by atoms with Crippen LogP contribution >= 0.6 is 15.9 Å². The summed E-state index contributed by atoms with van der Waals surface area (Å²) in [5.41, 5.74) is 2.63. The van der Waals surface area contributed by atoms with E-state index < -0.39 is 0 Å². The third kappa shape index (κ3) is 2.21. The fourth-order valence-corrected chi connectivity index (χ4v) is 2.67. The zero-order valence-corrected chi connectivity index (χ0v) is 11.5. The lowest BCUT2D eigenvalue weighted by molar-refractivity contribution is 0.691. The molecule has 2 rings (SSSR count).